The first-order valence-corrected chi connectivity index (χ1v) is 3.22. The number of amidine groups is 1. The summed E-state index contributed by atoms with van der Waals surface area (Å²) < 4.78 is 0. The van der Waals surface area contributed by atoms with Gasteiger partial charge in [-0.2, -0.15) is 0 Å². The first kappa shape index (κ1) is 9.30. The summed E-state index contributed by atoms with van der Waals surface area (Å²) in [6.07, 6.45) is 0. The molecule has 0 aromatic carbocycles. The molecule has 10 heavy (non-hydrogen) atoms. The maximum Gasteiger partial charge on any atom is 0.129 e. The van der Waals surface area contributed by atoms with Gasteiger partial charge in [-0.25, -0.2) is 4.99 Å². The maximum atomic E-state index is 5.49. The average Bonchev–Trinajstić information content (AvgIpc) is 1.90. The van der Waals surface area contributed by atoms with Gasteiger partial charge in [0.05, 0.1) is 0 Å². The monoisotopic (exact) mass is 141 g/mol. The predicted octanol–water partition coefficient (Wildman–Crippen LogP) is 0.700. The Morgan fingerprint density at radius 2 is 2.10 bits per heavy atom. The molecule has 0 saturated heterocycles. The van der Waals surface area contributed by atoms with Gasteiger partial charge < -0.3 is 5.73 Å². The van der Waals surface area contributed by atoms with Crippen LogP contribution in [0, 0.1) is 5.41 Å². The van der Waals surface area contributed by atoms with E-state index in [1.54, 1.807) is 7.05 Å². The van der Waals surface area contributed by atoms with Crippen molar-refractivity contribution in [2.75, 3.05) is 13.6 Å². The molecule has 0 aliphatic rings. The van der Waals surface area contributed by atoms with Crippen LogP contribution in [0.25, 0.3) is 0 Å². The van der Waals surface area contributed by atoms with Gasteiger partial charge in [-0.15, -0.1) is 0 Å². The van der Waals surface area contributed by atoms with Crippen molar-refractivity contribution in [3.63, 3.8) is 0 Å². The summed E-state index contributed by atoms with van der Waals surface area (Å²) in [7, 11) is 1.70. The number of hydrogen-bond acceptors (Lipinski definition) is 2. The van der Waals surface area contributed by atoms with Crippen molar-refractivity contribution >= 4 is 12.6 Å². The van der Waals surface area contributed by atoms with Gasteiger partial charge in [0.25, 0.3) is 0 Å². The minimum atomic E-state index is -0.142. The molecule has 0 fully saturated rings. The molecule has 0 atom stereocenters. The van der Waals surface area contributed by atoms with Crippen LogP contribution in [0.15, 0.2) is 9.98 Å². The molecule has 58 valence electrons. The molecule has 0 spiro atoms. The number of nitrogens with two attached hydrogens (primary N) is 1. The molecule has 0 heterocycles. The van der Waals surface area contributed by atoms with Crippen LogP contribution in [0.1, 0.15) is 13.8 Å². The second-order valence-electron chi connectivity index (χ2n) is 2.79. The van der Waals surface area contributed by atoms with E-state index in [0.29, 0.717) is 6.54 Å². The first-order valence-electron chi connectivity index (χ1n) is 3.22. The summed E-state index contributed by atoms with van der Waals surface area (Å²) in [5.41, 5.74) is 5.35. The zero-order chi connectivity index (χ0) is 8.20. The van der Waals surface area contributed by atoms with Crippen molar-refractivity contribution in [2.24, 2.45) is 21.1 Å². The lowest BCUT2D eigenvalue weighted by Gasteiger charge is -2.20. The highest BCUT2D eigenvalue weighted by Gasteiger charge is 2.21. The molecule has 0 saturated carbocycles. The Bertz CT molecular complexity index is 147. The van der Waals surface area contributed by atoms with Crippen LogP contribution >= 0.6 is 0 Å². The van der Waals surface area contributed by atoms with Gasteiger partial charge in [0.15, 0.2) is 0 Å². The van der Waals surface area contributed by atoms with Gasteiger partial charge in [-0.05, 0) is 6.72 Å². The molecule has 3 nitrogen and oxygen atoms in total. The lowest BCUT2D eigenvalue weighted by molar-refractivity contribution is 0.532. The van der Waals surface area contributed by atoms with E-state index in [4.69, 9.17) is 5.73 Å². The topological polar surface area (TPSA) is 50.7 Å². The van der Waals surface area contributed by atoms with Crippen LogP contribution in [0.3, 0.4) is 0 Å². The summed E-state index contributed by atoms with van der Waals surface area (Å²) in [6, 6.07) is 0. The van der Waals surface area contributed by atoms with Crippen molar-refractivity contribution in [1.29, 1.82) is 0 Å². The summed E-state index contributed by atoms with van der Waals surface area (Å²) in [4.78, 5) is 7.73. The highest BCUT2D eigenvalue weighted by molar-refractivity contribution is 5.91. The van der Waals surface area contributed by atoms with Crippen molar-refractivity contribution in [1.82, 2.24) is 0 Å². The predicted molar refractivity (Wildman–Crippen MR) is 45.7 cm³/mol. The molecule has 0 rings (SSSR count). The van der Waals surface area contributed by atoms with Crippen molar-refractivity contribution < 1.29 is 0 Å². The Morgan fingerprint density at radius 1 is 1.60 bits per heavy atom. The Kier molecular flexibility index (Phi) is 3.22. The highest BCUT2D eigenvalue weighted by Crippen LogP contribution is 2.15. The standard InChI is InChI=1S/C7H15N3/c1-7(2,5-8)6(9-3)10-4/h3,5,8H2,1-2,4H3. The molecule has 0 bridgehead atoms. The van der Waals surface area contributed by atoms with E-state index >= 15 is 0 Å². The largest absolute Gasteiger partial charge is 0.329 e. The van der Waals surface area contributed by atoms with Gasteiger partial charge in [-0.3, -0.25) is 4.99 Å². The van der Waals surface area contributed by atoms with E-state index in [1.807, 2.05) is 13.8 Å². The molecule has 0 aliphatic carbocycles. The zero-order valence-corrected chi connectivity index (χ0v) is 6.89. The van der Waals surface area contributed by atoms with Crippen LogP contribution in [0.2, 0.25) is 0 Å². The van der Waals surface area contributed by atoms with Crippen molar-refractivity contribution in [3.8, 4) is 0 Å². The van der Waals surface area contributed by atoms with Crippen LogP contribution < -0.4 is 5.73 Å². The second-order valence-corrected chi connectivity index (χ2v) is 2.79. The third-order valence-electron chi connectivity index (χ3n) is 1.48. The van der Waals surface area contributed by atoms with E-state index in [-0.39, 0.29) is 5.41 Å². The smallest absolute Gasteiger partial charge is 0.129 e. The lowest BCUT2D eigenvalue weighted by atomic mass is 9.92. The molecule has 0 unspecified atom stereocenters. The number of hydrogen-bond donors (Lipinski definition) is 1. The average molecular weight is 141 g/mol. The van der Waals surface area contributed by atoms with Crippen LogP contribution in [-0.2, 0) is 0 Å². The minimum absolute atomic E-state index is 0.142. The number of rotatable bonds is 2. The minimum Gasteiger partial charge on any atom is -0.329 e. The van der Waals surface area contributed by atoms with Gasteiger partial charge in [0.1, 0.15) is 5.84 Å². The molecular formula is C7H15N3. The second kappa shape index (κ2) is 3.46. The fourth-order valence-electron chi connectivity index (χ4n) is 0.679. The lowest BCUT2D eigenvalue weighted by Crippen LogP contribution is -2.31. The Morgan fingerprint density at radius 3 is 2.20 bits per heavy atom. The fraction of sp³-hybridized carbons (Fsp3) is 0.714. The number of aliphatic imine (C=N–C) groups is 2. The van der Waals surface area contributed by atoms with Crippen LogP contribution in [0.5, 0.6) is 0 Å². The van der Waals surface area contributed by atoms with Crippen molar-refractivity contribution in [2.45, 2.75) is 13.8 Å². The molecule has 0 aromatic heterocycles. The normalized spacial score (nSPS) is 13.4. The van der Waals surface area contributed by atoms with Crippen molar-refractivity contribution in [3.05, 3.63) is 0 Å². The van der Waals surface area contributed by atoms with Gasteiger partial charge in [0.2, 0.25) is 0 Å². The first-order chi connectivity index (χ1) is 4.58. The van der Waals surface area contributed by atoms with Gasteiger partial charge >= 0.3 is 0 Å². The Hall–Kier alpha value is -0.700. The summed E-state index contributed by atoms with van der Waals surface area (Å²) in [6.45, 7) is 7.93. The van der Waals surface area contributed by atoms with E-state index in [0.717, 1.165) is 5.84 Å². The van der Waals surface area contributed by atoms with E-state index in [9.17, 15) is 0 Å². The number of nitrogens with zero attached hydrogens (tertiary/aromatic N) is 2. The third-order valence-corrected chi connectivity index (χ3v) is 1.48. The zero-order valence-electron chi connectivity index (χ0n) is 6.89. The highest BCUT2D eigenvalue weighted by atomic mass is 14.9. The summed E-state index contributed by atoms with van der Waals surface area (Å²) in [5, 5.41) is 0. The quantitative estimate of drug-likeness (QED) is 0.446. The van der Waals surface area contributed by atoms with Gasteiger partial charge in [0, 0.05) is 19.0 Å². The van der Waals surface area contributed by atoms with Gasteiger partial charge in [-0.1, -0.05) is 13.8 Å². The molecule has 0 radical (unpaired) electrons. The molecular weight excluding hydrogens is 126 g/mol. The third kappa shape index (κ3) is 1.92. The summed E-state index contributed by atoms with van der Waals surface area (Å²) in [5.74, 6) is 0.718. The fourth-order valence-corrected chi connectivity index (χ4v) is 0.679. The Labute approximate surface area is 62.1 Å². The van der Waals surface area contributed by atoms with E-state index < -0.39 is 0 Å². The molecule has 0 amide bonds. The molecule has 2 N–H and O–H groups in total. The molecule has 3 heteroatoms. The summed E-state index contributed by atoms with van der Waals surface area (Å²) >= 11 is 0. The molecule has 0 aliphatic heterocycles. The Balaban J connectivity index is 4.43. The van der Waals surface area contributed by atoms with Crippen LogP contribution in [-0.4, -0.2) is 26.1 Å². The van der Waals surface area contributed by atoms with E-state index in [1.165, 1.54) is 0 Å². The maximum absolute atomic E-state index is 5.49. The van der Waals surface area contributed by atoms with E-state index in [2.05, 4.69) is 16.7 Å². The molecule has 0 aromatic rings. The van der Waals surface area contributed by atoms with Crippen LogP contribution in [0.4, 0.5) is 0 Å². The SMILES string of the molecule is C=NC(=NC)C(C)(C)CN.